The van der Waals surface area contributed by atoms with Crippen LogP contribution in [0.1, 0.15) is 48.0 Å². The van der Waals surface area contributed by atoms with Crippen molar-refractivity contribution in [3.63, 3.8) is 0 Å². The van der Waals surface area contributed by atoms with Crippen molar-refractivity contribution in [2.75, 3.05) is 26.7 Å². The highest BCUT2D eigenvalue weighted by atomic mass is 32.1. The average Bonchev–Trinajstić information content (AvgIpc) is 3.18. The Morgan fingerprint density at radius 2 is 1.94 bits per heavy atom. The number of amides is 2. The van der Waals surface area contributed by atoms with Gasteiger partial charge in [0.15, 0.2) is 0 Å². The number of halogens is 3. The molecule has 12 heteroatoms. The second-order valence-corrected chi connectivity index (χ2v) is 9.78. The van der Waals surface area contributed by atoms with Gasteiger partial charge in [0, 0.05) is 44.4 Å². The van der Waals surface area contributed by atoms with Crippen molar-refractivity contribution in [1.82, 2.24) is 15.2 Å². The van der Waals surface area contributed by atoms with Gasteiger partial charge in [-0.25, -0.2) is 9.78 Å². The first-order valence-corrected chi connectivity index (χ1v) is 12.0. The van der Waals surface area contributed by atoms with Gasteiger partial charge in [0.05, 0.1) is 33.6 Å². The molecule has 2 aromatic rings. The lowest BCUT2D eigenvalue weighted by Gasteiger charge is -2.47. The zero-order valence-corrected chi connectivity index (χ0v) is 19.3. The SMILES string of the molecule is CNC(=O)c1csc2c(C(F)(F)F)cc(OC3CC(OC(=O)N4CCC5(CCO5)CC4)C3)nc12. The normalized spacial score (nSPS) is 23.8. The molecule has 1 spiro atoms. The van der Waals surface area contributed by atoms with Crippen LogP contribution in [0, 0.1) is 0 Å². The van der Waals surface area contributed by atoms with Gasteiger partial charge in [-0.15, -0.1) is 11.3 Å². The largest absolute Gasteiger partial charge is 0.474 e. The number of thiophene rings is 1. The van der Waals surface area contributed by atoms with Crippen LogP contribution in [0.2, 0.25) is 0 Å². The van der Waals surface area contributed by atoms with Gasteiger partial charge in [-0.1, -0.05) is 0 Å². The van der Waals surface area contributed by atoms with Crippen LogP contribution in [0.25, 0.3) is 10.2 Å². The minimum absolute atomic E-state index is 0.0465. The topological polar surface area (TPSA) is 90.0 Å². The van der Waals surface area contributed by atoms with E-state index in [1.807, 2.05) is 0 Å². The summed E-state index contributed by atoms with van der Waals surface area (Å²) in [5.74, 6) is -0.730. The van der Waals surface area contributed by atoms with Crippen LogP contribution in [0.3, 0.4) is 0 Å². The van der Waals surface area contributed by atoms with E-state index < -0.39 is 23.8 Å². The van der Waals surface area contributed by atoms with Gasteiger partial charge in [-0.2, -0.15) is 13.2 Å². The zero-order valence-electron chi connectivity index (χ0n) is 18.4. The monoisotopic (exact) mass is 499 g/mol. The number of fused-ring (bicyclic) bond motifs is 1. The Morgan fingerprint density at radius 3 is 2.53 bits per heavy atom. The van der Waals surface area contributed by atoms with E-state index >= 15 is 0 Å². The number of likely N-dealkylation sites (tertiary alicyclic amines) is 1. The number of carbonyl (C=O) groups is 2. The highest BCUT2D eigenvalue weighted by molar-refractivity contribution is 7.17. The maximum absolute atomic E-state index is 13.6. The molecule has 0 bridgehead atoms. The number of nitrogens with zero attached hydrogens (tertiary/aromatic N) is 2. The van der Waals surface area contributed by atoms with Crippen molar-refractivity contribution >= 4 is 33.6 Å². The molecule has 1 N–H and O–H groups in total. The van der Waals surface area contributed by atoms with E-state index in [0.717, 1.165) is 43.3 Å². The Bertz CT molecular complexity index is 1100. The van der Waals surface area contributed by atoms with Crippen LogP contribution in [-0.2, 0) is 15.7 Å². The first kappa shape index (κ1) is 23.2. The number of pyridine rings is 1. The van der Waals surface area contributed by atoms with E-state index in [-0.39, 0.29) is 39.5 Å². The fourth-order valence-corrected chi connectivity index (χ4v) is 5.55. The third-order valence-corrected chi connectivity index (χ3v) is 7.78. The number of alkyl halides is 3. The van der Waals surface area contributed by atoms with Crippen molar-refractivity contribution < 1.29 is 37.0 Å². The first-order chi connectivity index (χ1) is 16.2. The molecule has 2 aromatic heterocycles. The summed E-state index contributed by atoms with van der Waals surface area (Å²) in [4.78, 5) is 30.3. The molecular formula is C22H24F3N3O5S. The first-order valence-electron chi connectivity index (χ1n) is 11.2. The summed E-state index contributed by atoms with van der Waals surface area (Å²) in [7, 11) is 1.40. The predicted octanol–water partition coefficient (Wildman–Crippen LogP) is 3.98. The molecule has 0 aromatic carbocycles. The van der Waals surface area contributed by atoms with E-state index in [0.29, 0.717) is 25.9 Å². The summed E-state index contributed by atoms with van der Waals surface area (Å²) >= 11 is 0.815. The molecule has 1 saturated carbocycles. The Balaban J connectivity index is 1.21. The van der Waals surface area contributed by atoms with E-state index in [9.17, 15) is 22.8 Å². The molecule has 184 valence electrons. The van der Waals surface area contributed by atoms with Crippen molar-refractivity contribution in [1.29, 1.82) is 0 Å². The summed E-state index contributed by atoms with van der Waals surface area (Å²) in [6.45, 7) is 1.95. The third kappa shape index (κ3) is 4.28. The van der Waals surface area contributed by atoms with Crippen LogP contribution in [0.15, 0.2) is 11.4 Å². The second-order valence-electron chi connectivity index (χ2n) is 8.90. The molecular weight excluding hydrogens is 475 g/mol. The number of carbonyl (C=O) groups excluding carboxylic acids is 2. The fourth-order valence-electron chi connectivity index (χ4n) is 4.53. The number of hydrogen-bond acceptors (Lipinski definition) is 7. The molecule has 34 heavy (non-hydrogen) atoms. The Morgan fingerprint density at radius 1 is 1.24 bits per heavy atom. The molecule has 2 amide bonds. The number of ether oxygens (including phenoxy) is 3. The van der Waals surface area contributed by atoms with Crippen LogP contribution < -0.4 is 10.1 Å². The second kappa shape index (κ2) is 8.56. The molecule has 2 aliphatic heterocycles. The van der Waals surface area contributed by atoms with Crippen molar-refractivity contribution in [2.45, 2.75) is 56.1 Å². The van der Waals surface area contributed by atoms with Gasteiger partial charge in [-0.05, 0) is 19.3 Å². The number of piperidine rings is 1. The van der Waals surface area contributed by atoms with Gasteiger partial charge >= 0.3 is 12.3 Å². The van der Waals surface area contributed by atoms with Crippen LogP contribution in [0.5, 0.6) is 5.88 Å². The van der Waals surface area contributed by atoms with Gasteiger partial charge in [0.25, 0.3) is 5.91 Å². The van der Waals surface area contributed by atoms with E-state index in [2.05, 4.69) is 10.3 Å². The van der Waals surface area contributed by atoms with E-state index in [4.69, 9.17) is 14.2 Å². The summed E-state index contributed by atoms with van der Waals surface area (Å²) in [6.07, 6.45) is -2.45. The van der Waals surface area contributed by atoms with E-state index in [1.165, 1.54) is 12.4 Å². The van der Waals surface area contributed by atoms with Crippen molar-refractivity contribution in [2.24, 2.45) is 0 Å². The van der Waals surface area contributed by atoms with Crippen molar-refractivity contribution in [3.05, 3.63) is 22.6 Å². The highest BCUT2D eigenvalue weighted by Crippen LogP contribution is 2.41. The summed E-state index contributed by atoms with van der Waals surface area (Å²) in [5.41, 5.74) is -0.937. The molecule has 3 fully saturated rings. The highest BCUT2D eigenvalue weighted by Gasteiger charge is 2.43. The Labute approximate surface area is 197 Å². The quantitative estimate of drug-likeness (QED) is 0.685. The van der Waals surface area contributed by atoms with Crippen LogP contribution in [0.4, 0.5) is 18.0 Å². The summed E-state index contributed by atoms with van der Waals surface area (Å²) < 4.78 is 57.6. The molecule has 4 heterocycles. The average molecular weight is 500 g/mol. The van der Waals surface area contributed by atoms with Gasteiger partial charge < -0.3 is 24.4 Å². The number of aromatic nitrogens is 1. The molecule has 0 atom stereocenters. The lowest BCUT2D eigenvalue weighted by Crippen LogP contribution is -2.54. The van der Waals surface area contributed by atoms with E-state index in [1.54, 1.807) is 4.90 Å². The summed E-state index contributed by atoms with van der Waals surface area (Å²) in [5, 5.41) is 3.76. The molecule has 8 nitrogen and oxygen atoms in total. The molecule has 0 unspecified atom stereocenters. The van der Waals surface area contributed by atoms with Crippen LogP contribution >= 0.6 is 11.3 Å². The van der Waals surface area contributed by atoms with Gasteiger partial charge in [0.1, 0.15) is 12.2 Å². The number of rotatable bonds is 4. The predicted molar refractivity (Wildman–Crippen MR) is 116 cm³/mol. The molecule has 2 saturated heterocycles. The van der Waals surface area contributed by atoms with Gasteiger partial charge in [0.2, 0.25) is 5.88 Å². The van der Waals surface area contributed by atoms with Gasteiger partial charge in [-0.3, -0.25) is 4.79 Å². The minimum Gasteiger partial charge on any atom is -0.474 e. The lowest BCUT2D eigenvalue weighted by atomic mass is 9.84. The third-order valence-electron chi connectivity index (χ3n) is 6.78. The summed E-state index contributed by atoms with van der Waals surface area (Å²) in [6, 6.07) is 0.859. The number of hydrogen-bond donors (Lipinski definition) is 1. The molecule has 5 rings (SSSR count). The lowest BCUT2D eigenvalue weighted by molar-refractivity contribution is -0.171. The Kier molecular flexibility index (Phi) is 5.83. The van der Waals surface area contributed by atoms with Crippen LogP contribution in [-0.4, -0.2) is 66.4 Å². The Hall–Kier alpha value is -2.60. The number of nitrogens with one attached hydrogen (secondary N) is 1. The standard InChI is InChI=1S/C22H24F3N3O5S/c1-26-19(29)14-11-34-18-15(22(23,24)25)10-16(27-17(14)18)32-12-8-13(9-12)33-20(30)28-5-2-21(3-6-28)4-7-31-21/h10-13H,2-9H2,1H3,(H,26,29). The smallest absolute Gasteiger partial charge is 0.418 e. The maximum atomic E-state index is 13.6. The molecule has 1 aliphatic carbocycles. The van der Waals surface area contributed by atoms with Crippen molar-refractivity contribution in [3.8, 4) is 5.88 Å². The maximum Gasteiger partial charge on any atom is 0.418 e. The zero-order chi connectivity index (χ0) is 24.1. The molecule has 0 radical (unpaired) electrons. The molecule has 3 aliphatic rings. The minimum atomic E-state index is -4.63. The fraction of sp³-hybridized carbons (Fsp3) is 0.591.